The lowest BCUT2D eigenvalue weighted by molar-refractivity contribution is 0.125. The fourth-order valence-corrected chi connectivity index (χ4v) is 1.34. The molecule has 3 nitrogen and oxygen atoms in total. The largest absolute Gasteiger partial charge is 0.767 e. The molecule has 0 fully saturated rings. The van der Waals surface area contributed by atoms with Crippen molar-refractivity contribution < 1.29 is 13.3 Å². The predicted octanol–water partition coefficient (Wildman–Crippen LogP) is 1.25. The summed E-state index contributed by atoms with van der Waals surface area (Å²) in [6.45, 7) is 4.00. The van der Waals surface area contributed by atoms with Crippen molar-refractivity contribution in [2.24, 2.45) is 0 Å². The van der Waals surface area contributed by atoms with Gasteiger partial charge in [-0.15, -0.1) is 0 Å². The van der Waals surface area contributed by atoms with Gasteiger partial charge in [0, 0.05) is 0 Å². The highest BCUT2D eigenvalue weighted by Gasteiger charge is 2.13. The number of rotatable bonds is 5. The number of hydrogen-bond donors (Lipinski definition) is 0. The highest BCUT2D eigenvalue weighted by atomic mass is 28.3. The van der Waals surface area contributed by atoms with Gasteiger partial charge < -0.3 is 8.85 Å². The first-order valence-corrected chi connectivity index (χ1v) is 4.71. The van der Waals surface area contributed by atoms with Crippen LogP contribution in [0.2, 0.25) is 0 Å². The lowest BCUT2D eigenvalue weighted by Gasteiger charge is -2.11. The van der Waals surface area contributed by atoms with Gasteiger partial charge >= 0.3 is 9.17 Å². The van der Waals surface area contributed by atoms with Crippen LogP contribution in [0.4, 0.5) is 0 Å². The Hall–Kier alpha value is -0.383. The third-order valence-corrected chi connectivity index (χ3v) is 2.20. The standard InChI is InChI=1S/C6H14O3Si/c1-4-6(5-2)9-10(7)8-3/h6H,4-5H2,1-3H3. The molecule has 4 heteroatoms. The maximum absolute atomic E-state index is 10.7. The van der Waals surface area contributed by atoms with Crippen LogP contribution in [0.25, 0.3) is 0 Å². The van der Waals surface area contributed by atoms with Crippen LogP contribution in [0.5, 0.6) is 0 Å². The van der Waals surface area contributed by atoms with Gasteiger partial charge in [-0.3, -0.25) is 4.46 Å². The smallest absolute Gasteiger partial charge is 0.499 e. The first-order valence-electron chi connectivity index (χ1n) is 3.49. The Bertz CT molecular complexity index is 101. The third kappa shape index (κ3) is 3.61. The Balaban J connectivity index is 3.52. The van der Waals surface area contributed by atoms with E-state index in [2.05, 4.69) is 4.43 Å². The molecule has 0 aliphatic heterocycles. The zero-order valence-electron chi connectivity index (χ0n) is 6.72. The first-order chi connectivity index (χ1) is 4.74. The summed E-state index contributed by atoms with van der Waals surface area (Å²) in [6.07, 6.45) is 1.86. The molecule has 0 unspecified atom stereocenters. The van der Waals surface area contributed by atoms with Crippen molar-refractivity contribution >= 4 is 9.17 Å². The van der Waals surface area contributed by atoms with Gasteiger partial charge in [0.1, 0.15) is 0 Å². The Kier molecular flexibility index (Phi) is 5.20. The molecule has 0 atom stereocenters. The van der Waals surface area contributed by atoms with Crippen LogP contribution in [-0.4, -0.2) is 22.4 Å². The van der Waals surface area contributed by atoms with Crippen LogP contribution < -0.4 is 0 Å². The van der Waals surface area contributed by atoms with Crippen molar-refractivity contribution in [1.29, 1.82) is 0 Å². The minimum Gasteiger partial charge on any atom is -0.499 e. The Morgan fingerprint density at radius 1 is 1.40 bits per heavy atom. The van der Waals surface area contributed by atoms with Crippen LogP contribution in [0.1, 0.15) is 26.7 Å². The second kappa shape index (κ2) is 5.41. The average molecular weight is 162 g/mol. The summed E-state index contributed by atoms with van der Waals surface area (Å²) >= 11 is 0. The summed E-state index contributed by atoms with van der Waals surface area (Å²) in [5, 5.41) is 0. The molecule has 0 amide bonds. The molecular formula is C6H14O3Si. The summed E-state index contributed by atoms with van der Waals surface area (Å²) < 4.78 is 20.2. The van der Waals surface area contributed by atoms with Crippen molar-refractivity contribution in [3.05, 3.63) is 0 Å². The van der Waals surface area contributed by atoms with Crippen LogP contribution in [0.15, 0.2) is 0 Å². The summed E-state index contributed by atoms with van der Waals surface area (Å²) in [5.74, 6) is 0. The van der Waals surface area contributed by atoms with Crippen molar-refractivity contribution in [3.63, 3.8) is 0 Å². The van der Waals surface area contributed by atoms with E-state index in [1.54, 1.807) is 0 Å². The fraction of sp³-hybridized carbons (Fsp3) is 1.00. The fourth-order valence-electron chi connectivity index (χ4n) is 0.640. The molecule has 10 heavy (non-hydrogen) atoms. The quantitative estimate of drug-likeness (QED) is 0.571. The highest BCUT2D eigenvalue weighted by Crippen LogP contribution is 2.01. The molecule has 0 aliphatic rings. The maximum atomic E-state index is 10.7. The van der Waals surface area contributed by atoms with E-state index < -0.39 is 9.17 Å². The van der Waals surface area contributed by atoms with Crippen LogP contribution in [-0.2, 0) is 13.3 Å². The van der Waals surface area contributed by atoms with Crippen molar-refractivity contribution in [2.75, 3.05) is 7.11 Å². The van der Waals surface area contributed by atoms with E-state index >= 15 is 0 Å². The average Bonchev–Trinajstić information content (AvgIpc) is 1.99. The first kappa shape index (κ1) is 9.62. The van der Waals surface area contributed by atoms with Gasteiger partial charge in [0.05, 0.1) is 13.2 Å². The van der Waals surface area contributed by atoms with E-state index in [-0.39, 0.29) is 6.10 Å². The minimum atomic E-state index is -2.20. The van der Waals surface area contributed by atoms with E-state index in [1.807, 2.05) is 13.8 Å². The van der Waals surface area contributed by atoms with Crippen molar-refractivity contribution in [2.45, 2.75) is 32.8 Å². The van der Waals surface area contributed by atoms with Crippen molar-refractivity contribution in [1.82, 2.24) is 0 Å². The molecule has 0 bridgehead atoms. The molecule has 0 heterocycles. The summed E-state index contributed by atoms with van der Waals surface area (Å²) in [5.41, 5.74) is 0. The molecular weight excluding hydrogens is 148 g/mol. The Morgan fingerprint density at radius 3 is 2.20 bits per heavy atom. The van der Waals surface area contributed by atoms with Crippen LogP contribution in [0.3, 0.4) is 0 Å². The zero-order valence-corrected chi connectivity index (χ0v) is 7.72. The topological polar surface area (TPSA) is 35.5 Å². The Morgan fingerprint density at radius 2 is 1.90 bits per heavy atom. The second-order valence-corrected chi connectivity index (χ2v) is 3.15. The van der Waals surface area contributed by atoms with Gasteiger partial charge in [0.25, 0.3) is 0 Å². The molecule has 0 N–H and O–H groups in total. The molecule has 60 valence electrons. The number of hydrogen-bond acceptors (Lipinski definition) is 3. The predicted molar refractivity (Wildman–Crippen MR) is 38.9 cm³/mol. The summed E-state index contributed by atoms with van der Waals surface area (Å²) in [4.78, 5) is 0. The Labute approximate surface area is 63.2 Å². The normalized spacial score (nSPS) is 9.60. The summed E-state index contributed by atoms with van der Waals surface area (Å²) in [6, 6.07) is 0. The maximum Gasteiger partial charge on any atom is 0.767 e. The van der Waals surface area contributed by atoms with E-state index in [1.165, 1.54) is 7.11 Å². The van der Waals surface area contributed by atoms with Crippen molar-refractivity contribution in [3.8, 4) is 0 Å². The molecule has 0 radical (unpaired) electrons. The molecule has 0 aromatic carbocycles. The van der Waals surface area contributed by atoms with E-state index in [4.69, 9.17) is 4.43 Å². The van der Waals surface area contributed by atoms with Crippen LogP contribution >= 0.6 is 0 Å². The van der Waals surface area contributed by atoms with Gasteiger partial charge in [-0.25, -0.2) is 0 Å². The molecule has 0 aromatic heterocycles. The van der Waals surface area contributed by atoms with E-state index in [0.717, 1.165) is 12.8 Å². The third-order valence-electron chi connectivity index (χ3n) is 1.34. The van der Waals surface area contributed by atoms with Gasteiger partial charge in [-0.05, 0) is 12.8 Å². The van der Waals surface area contributed by atoms with Gasteiger partial charge in [0.2, 0.25) is 0 Å². The minimum absolute atomic E-state index is 0.0892. The van der Waals surface area contributed by atoms with E-state index in [0.29, 0.717) is 0 Å². The highest BCUT2D eigenvalue weighted by molar-refractivity contribution is 6.26. The molecule has 0 saturated heterocycles. The molecule has 0 aliphatic carbocycles. The second-order valence-electron chi connectivity index (χ2n) is 2.01. The molecule has 0 aromatic rings. The van der Waals surface area contributed by atoms with Gasteiger partial charge in [-0.1, -0.05) is 13.8 Å². The molecule has 0 rings (SSSR count). The summed E-state index contributed by atoms with van der Waals surface area (Å²) in [7, 11) is -0.809. The lowest BCUT2D eigenvalue weighted by Crippen LogP contribution is -2.19. The van der Waals surface area contributed by atoms with Gasteiger partial charge in [0.15, 0.2) is 0 Å². The van der Waals surface area contributed by atoms with Crippen LogP contribution in [0, 0.1) is 0 Å². The van der Waals surface area contributed by atoms with Gasteiger partial charge in [-0.2, -0.15) is 0 Å². The SMILES string of the molecule is CCC(CC)O[Si](=O)OC. The molecule has 0 saturated carbocycles. The molecule has 0 spiro atoms. The lowest BCUT2D eigenvalue weighted by atomic mass is 10.2. The monoisotopic (exact) mass is 162 g/mol. The zero-order chi connectivity index (χ0) is 7.98. The van der Waals surface area contributed by atoms with E-state index in [9.17, 15) is 4.46 Å².